The van der Waals surface area contributed by atoms with Crippen LogP contribution in [0.5, 0.6) is 0 Å². The van der Waals surface area contributed by atoms with Gasteiger partial charge in [0.2, 0.25) is 0 Å². The SMILES string of the molecule is CN(Cc1cc(F)cc(C#CCN)c1)CC(C)(C)C. The Balaban J connectivity index is 2.81. The van der Waals surface area contributed by atoms with Crippen molar-refractivity contribution in [1.29, 1.82) is 0 Å². The number of halogens is 1. The first-order valence-corrected chi connectivity index (χ1v) is 6.47. The van der Waals surface area contributed by atoms with E-state index in [1.165, 1.54) is 6.07 Å². The Kier molecular flexibility index (Phi) is 5.53. The van der Waals surface area contributed by atoms with Gasteiger partial charge in [0.1, 0.15) is 5.82 Å². The summed E-state index contributed by atoms with van der Waals surface area (Å²) in [5.74, 6) is 5.37. The summed E-state index contributed by atoms with van der Waals surface area (Å²) in [6.45, 7) is 8.52. The number of rotatable bonds is 3. The molecule has 0 aliphatic rings. The molecule has 1 aromatic rings. The lowest BCUT2D eigenvalue weighted by Crippen LogP contribution is -2.28. The second-order valence-electron chi connectivity index (χ2n) is 6.09. The van der Waals surface area contributed by atoms with E-state index >= 15 is 0 Å². The van der Waals surface area contributed by atoms with Crippen LogP contribution in [0.3, 0.4) is 0 Å². The number of hydrogen-bond acceptors (Lipinski definition) is 2. The van der Waals surface area contributed by atoms with Gasteiger partial charge >= 0.3 is 0 Å². The molecule has 0 heterocycles. The first-order chi connectivity index (χ1) is 8.80. The lowest BCUT2D eigenvalue weighted by molar-refractivity contribution is 0.220. The largest absolute Gasteiger partial charge is 0.320 e. The highest BCUT2D eigenvalue weighted by atomic mass is 19.1. The molecule has 0 bridgehead atoms. The van der Waals surface area contributed by atoms with Crippen LogP contribution in [-0.4, -0.2) is 25.0 Å². The van der Waals surface area contributed by atoms with Gasteiger partial charge in [0, 0.05) is 18.7 Å². The highest BCUT2D eigenvalue weighted by Gasteiger charge is 2.13. The van der Waals surface area contributed by atoms with Crippen LogP contribution in [-0.2, 0) is 6.54 Å². The molecule has 3 heteroatoms. The second-order valence-corrected chi connectivity index (χ2v) is 6.09. The average molecular weight is 262 g/mol. The van der Waals surface area contributed by atoms with Gasteiger partial charge in [0.15, 0.2) is 0 Å². The van der Waals surface area contributed by atoms with E-state index < -0.39 is 0 Å². The molecule has 1 aromatic carbocycles. The third-order valence-corrected chi connectivity index (χ3v) is 2.49. The highest BCUT2D eigenvalue weighted by molar-refractivity contribution is 5.37. The van der Waals surface area contributed by atoms with Crippen molar-refractivity contribution in [2.45, 2.75) is 27.3 Å². The smallest absolute Gasteiger partial charge is 0.124 e. The lowest BCUT2D eigenvalue weighted by Gasteiger charge is -2.26. The Hall–Kier alpha value is -1.37. The minimum absolute atomic E-state index is 0.226. The molecule has 0 fully saturated rings. The molecule has 1 rings (SSSR count). The van der Waals surface area contributed by atoms with Gasteiger partial charge in [-0.2, -0.15) is 0 Å². The van der Waals surface area contributed by atoms with Crippen LogP contribution in [0.25, 0.3) is 0 Å². The zero-order chi connectivity index (χ0) is 14.5. The van der Waals surface area contributed by atoms with Crippen LogP contribution in [0.4, 0.5) is 4.39 Å². The molecule has 0 radical (unpaired) electrons. The van der Waals surface area contributed by atoms with Crippen molar-refractivity contribution in [3.05, 3.63) is 35.1 Å². The number of nitrogens with zero attached hydrogens (tertiary/aromatic N) is 1. The summed E-state index contributed by atoms with van der Waals surface area (Å²) in [4.78, 5) is 2.19. The summed E-state index contributed by atoms with van der Waals surface area (Å²) >= 11 is 0. The van der Waals surface area contributed by atoms with Crippen LogP contribution in [0.15, 0.2) is 18.2 Å². The first-order valence-electron chi connectivity index (χ1n) is 6.47. The van der Waals surface area contributed by atoms with Crippen molar-refractivity contribution in [3.63, 3.8) is 0 Å². The maximum Gasteiger partial charge on any atom is 0.124 e. The number of nitrogens with two attached hydrogens (primary N) is 1. The van der Waals surface area contributed by atoms with Crippen molar-refractivity contribution in [2.24, 2.45) is 11.1 Å². The Morgan fingerprint density at radius 3 is 2.53 bits per heavy atom. The number of hydrogen-bond donors (Lipinski definition) is 1. The second kappa shape index (κ2) is 6.70. The van der Waals surface area contributed by atoms with Crippen LogP contribution in [0.2, 0.25) is 0 Å². The Bertz CT molecular complexity index is 478. The Labute approximate surface area is 115 Å². The van der Waals surface area contributed by atoms with Crippen molar-refractivity contribution in [3.8, 4) is 11.8 Å². The predicted octanol–water partition coefficient (Wildman–Crippen LogP) is 2.61. The Morgan fingerprint density at radius 1 is 1.26 bits per heavy atom. The molecular formula is C16H23FN2. The van der Waals surface area contributed by atoms with Crippen molar-refractivity contribution < 1.29 is 4.39 Å². The zero-order valence-corrected chi connectivity index (χ0v) is 12.3. The van der Waals surface area contributed by atoms with E-state index in [1.54, 1.807) is 6.07 Å². The fourth-order valence-corrected chi connectivity index (χ4v) is 2.14. The maximum atomic E-state index is 13.5. The van der Waals surface area contributed by atoms with Crippen LogP contribution in [0.1, 0.15) is 31.9 Å². The summed E-state index contributed by atoms with van der Waals surface area (Å²) in [7, 11) is 2.04. The van der Waals surface area contributed by atoms with E-state index in [0.717, 1.165) is 12.1 Å². The zero-order valence-electron chi connectivity index (χ0n) is 12.3. The molecule has 19 heavy (non-hydrogen) atoms. The summed E-state index contributed by atoms with van der Waals surface area (Å²) < 4.78 is 13.5. The number of benzene rings is 1. The normalized spacial score (nSPS) is 11.3. The van der Waals surface area contributed by atoms with Crippen molar-refractivity contribution in [1.82, 2.24) is 4.90 Å². The van der Waals surface area contributed by atoms with Gasteiger partial charge in [0.05, 0.1) is 6.54 Å². The monoisotopic (exact) mass is 262 g/mol. The first kappa shape index (κ1) is 15.7. The third kappa shape index (κ3) is 6.37. The molecular weight excluding hydrogens is 239 g/mol. The van der Waals surface area contributed by atoms with Gasteiger partial charge in [0.25, 0.3) is 0 Å². The molecule has 104 valence electrons. The van der Waals surface area contributed by atoms with E-state index in [-0.39, 0.29) is 17.8 Å². The van der Waals surface area contributed by atoms with E-state index in [9.17, 15) is 4.39 Å². The van der Waals surface area contributed by atoms with Crippen molar-refractivity contribution in [2.75, 3.05) is 20.1 Å². The van der Waals surface area contributed by atoms with Gasteiger partial charge in [-0.15, -0.1) is 0 Å². The van der Waals surface area contributed by atoms with Crippen LogP contribution >= 0.6 is 0 Å². The average Bonchev–Trinajstić information content (AvgIpc) is 2.22. The van der Waals surface area contributed by atoms with E-state index in [0.29, 0.717) is 12.1 Å². The summed E-state index contributed by atoms with van der Waals surface area (Å²) in [6.07, 6.45) is 0. The van der Waals surface area contributed by atoms with Gasteiger partial charge in [-0.1, -0.05) is 32.6 Å². The van der Waals surface area contributed by atoms with E-state index in [2.05, 4.69) is 37.5 Å². The molecule has 2 N–H and O–H groups in total. The molecule has 0 amide bonds. The summed E-state index contributed by atoms with van der Waals surface area (Å²) in [6, 6.07) is 4.92. The molecule has 0 spiro atoms. The van der Waals surface area contributed by atoms with Crippen LogP contribution in [0, 0.1) is 23.1 Å². The molecule has 0 unspecified atom stereocenters. The molecule has 0 saturated carbocycles. The van der Waals surface area contributed by atoms with E-state index in [4.69, 9.17) is 5.73 Å². The summed E-state index contributed by atoms with van der Waals surface area (Å²) in [5, 5.41) is 0. The van der Waals surface area contributed by atoms with Gasteiger partial charge < -0.3 is 10.6 Å². The molecule has 0 aliphatic carbocycles. The maximum absolute atomic E-state index is 13.5. The van der Waals surface area contributed by atoms with Gasteiger partial charge in [-0.25, -0.2) is 4.39 Å². The Morgan fingerprint density at radius 2 is 1.95 bits per heavy atom. The molecule has 2 nitrogen and oxygen atoms in total. The molecule has 0 aromatic heterocycles. The standard InChI is InChI=1S/C16H23FN2/c1-16(2,3)12-19(4)11-14-8-13(6-5-7-18)9-15(17)10-14/h8-10H,7,11-12,18H2,1-4H3. The quantitative estimate of drug-likeness (QED) is 0.848. The lowest BCUT2D eigenvalue weighted by atomic mass is 9.96. The van der Waals surface area contributed by atoms with Gasteiger partial charge in [-0.3, -0.25) is 0 Å². The summed E-state index contributed by atoms with van der Waals surface area (Å²) in [5.41, 5.74) is 7.18. The highest BCUT2D eigenvalue weighted by Crippen LogP contribution is 2.17. The van der Waals surface area contributed by atoms with Crippen LogP contribution < -0.4 is 5.73 Å². The van der Waals surface area contributed by atoms with Gasteiger partial charge in [-0.05, 0) is 36.2 Å². The minimum Gasteiger partial charge on any atom is -0.320 e. The molecule has 0 aliphatic heterocycles. The third-order valence-electron chi connectivity index (χ3n) is 2.49. The molecule has 0 saturated heterocycles. The fourth-order valence-electron chi connectivity index (χ4n) is 2.14. The fraction of sp³-hybridized carbons (Fsp3) is 0.500. The molecule has 0 atom stereocenters. The predicted molar refractivity (Wildman–Crippen MR) is 78.1 cm³/mol. The van der Waals surface area contributed by atoms with E-state index in [1.807, 2.05) is 13.1 Å². The topological polar surface area (TPSA) is 29.3 Å². The minimum atomic E-state index is -0.247. The van der Waals surface area contributed by atoms with Crippen molar-refractivity contribution >= 4 is 0 Å².